The van der Waals surface area contributed by atoms with E-state index in [9.17, 15) is 4.79 Å². The molecule has 0 aliphatic rings. The predicted octanol–water partition coefficient (Wildman–Crippen LogP) is 2.02. The van der Waals surface area contributed by atoms with Gasteiger partial charge in [0, 0.05) is 18.3 Å². The van der Waals surface area contributed by atoms with Crippen LogP contribution < -0.4 is 5.32 Å². The molecule has 3 heteroatoms. The maximum absolute atomic E-state index is 10.5. The summed E-state index contributed by atoms with van der Waals surface area (Å²) in [5.41, 5.74) is 1.62. The second-order valence-electron chi connectivity index (χ2n) is 2.97. The van der Waals surface area contributed by atoms with Crippen molar-refractivity contribution in [2.24, 2.45) is 0 Å². The second-order valence-corrected chi connectivity index (χ2v) is 2.97. The van der Waals surface area contributed by atoms with Gasteiger partial charge in [0.2, 0.25) is 0 Å². The van der Waals surface area contributed by atoms with Gasteiger partial charge in [-0.25, -0.2) is 4.98 Å². The number of nitrogens with zero attached hydrogens (tertiary/aromatic N) is 1. The number of aryl methyl sites for hydroxylation is 1. The molecule has 0 bridgehead atoms. The molecule has 0 aromatic carbocycles. The third-order valence-electron chi connectivity index (χ3n) is 1.83. The van der Waals surface area contributed by atoms with Crippen molar-refractivity contribution in [1.82, 2.24) is 4.98 Å². The summed E-state index contributed by atoms with van der Waals surface area (Å²) in [5, 5.41) is 3.16. The molecule has 0 aliphatic carbocycles. The highest BCUT2D eigenvalue weighted by atomic mass is 16.1. The number of aldehydes is 1. The lowest BCUT2D eigenvalue weighted by Crippen LogP contribution is -2.02. The highest BCUT2D eigenvalue weighted by Gasteiger charge is 1.98. The quantitative estimate of drug-likeness (QED) is 0.717. The number of carbonyl (C=O) groups excluding carboxylic acids is 1. The van der Waals surface area contributed by atoms with E-state index in [0.29, 0.717) is 5.56 Å². The highest BCUT2D eigenvalue weighted by molar-refractivity contribution is 5.77. The summed E-state index contributed by atoms with van der Waals surface area (Å²) < 4.78 is 0. The van der Waals surface area contributed by atoms with Crippen molar-refractivity contribution in [3.63, 3.8) is 0 Å². The highest BCUT2D eigenvalue weighted by Crippen LogP contribution is 2.09. The molecule has 1 heterocycles. The van der Waals surface area contributed by atoms with Crippen LogP contribution in [0.25, 0.3) is 0 Å². The molecule has 1 rings (SSSR count). The Labute approximate surface area is 78.2 Å². The molecule has 1 aromatic rings. The van der Waals surface area contributed by atoms with Gasteiger partial charge in [0.05, 0.1) is 0 Å². The average Bonchev–Trinajstić information content (AvgIpc) is 2.15. The summed E-state index contributed by atoms with van der Waals surface area (Å²) in [4.78, 5) is 14.6. The molecule has 0 fully saturated rings. The lowest BCUT2D eigenvalue weighted by molar-refractivity contribution is 0.112. The zero-order valence-corrected chi connectivity index (χ0v) is 8.00. The van der Waals surface area contributed by atoms with Crippen molar-refractivity contribution in [2.45, 2.75) is 20.3 Å². The van der Waals surface area contributed by atoms with E-state index in [1.165, 1.54) is 0 Å². The topological polar surface area (TPSA) is 42.0 Å². The first-order valence-corrected chi connectivity index (χ1v) is 4.43. The molecule has 1 N–H and O–H groups in total. The van der Waals surface area contributed by atoms with Gasteiger partial charge in [0.15, 0.2) is 6.29 Å². The lowest BCUT2D eigenvalue weighted by atomic mass is 10.2. The predicted molar refractivity (Wildman–Crippen MR) is 53.1 cm³/mol. The summed E-state index contributed by atoms with van der Waals surface area (Å²) in [5.74, 6) is 0.838. The fraction of sp³-hybridized carbons (Fsp3) is 0.400. The number of pyridine rings is 1. The van der Waals surface area contributed by atoms with E-state index >= 15 is 0 Å². The van der Waals surface area contributed by atoms with Gasteiger partial charge >= 0.3 is 0 Å². The fourth-order valence-electron chi connectivity index (χ4n) is 1.04. The van der Waals surface area contributed by atoms with E-state index in [1.807, 2.05) is 13.0 Å². The summed E-state index contributed by atoms with van der Waals surface area (Å²) >= 11 is 0. The number of nitrogens with one attached hydrogen (secondary N) is 1. The van der Waals surface area contributed by atoms with Gasteiger partial charge in [0.1, 0.15) is 5.82 Å². The molecule has 0 amide bonds. The number of rotatable bonds is 4. The smallest absolute Gasteiger partial charge is 0.151 e. The first-order valence-electron chi connectivity index (χ1n) is 4.43. The van der Waals surface area contributed by atoms with Crippen LogP contribution in [0.3, 0.4) is 0 Å². The summed E-state index contributed by atoms with van der Waals surface area (Å²) in [6.07, 6.45) is 3.49. The molecule has 3 nitrogen and oxygen atoms in total. The minimum atomic E-state index is 0.655. The molecule has 13 heavy (non-hydrogen) atoms. The zero-order valence-electron chi connectivity index (χ0n) is 8.00. The molecule has 0 unspecified atom stereocenters. The maximum atomic E-state index is 10.5. The first-order chi connectivity index (χ1) is 6.27. The molecule has 0 atom stereocenters. The Morgan fingerprint density at radius 2 is 2.38 bits per heavy atom. The molecule has 0 spiro atoms. The Morgan fingerprint density at radius 1 is 1.62 bits per heavy atom. The minimum Gasteiger partial charge on any atom is -0.370 e. The molecule has 1 aromatic heterocycles. The van der Waals surface area contributed by atoms with E-state index in [2.05, 4.69) is 17.2 Å². The monoisotopic (exact) mass is 178 g/mol. The largest absolute Gasteiger partial charge is 0.370 e. The molecule has 0 saturated heterocycles. The van der Waals surface area contributed by atoms with Crippen LogP contribution in [0.15, 0.2) is 12.3 Å². The standard InChI is InChI=1S/C10H14N2O/c1-3-4-11-10-5-8(2)9(7-13)6-12-10/h5-7H,3-4H2,1-2H3,(H,11,12). The Balaban J connectivity index is 2.77. The van der Waals surface area contributed by atoms with Gasteiger partial charge in [-0.3, -0.25) is 4.79 Å². The first kappa shape index (κ1) is 9.71. The van der Waals surface area contributed by atoms with E-state index < -0.39 is 0 Å². The van der Waals surface area contributed by atoms with Gasteiger partial charge in [-0.1, -0.05) is 6.92 Å². The molecule has 0 aliphatic heterocycles. The average molecular weight is 178 g/mol. The molecule has 0 saturated carbocycles. The fourth-order valence-corrected chi connectivity index (χ4v) is 1.04. The van der Waals surface area contributed by atoms with E-state index in [1.54, 1.807) is 6.20 Å². The van der Waals surface area contributed by atoms with Crippen molar-refractivity contribution in [3.05, 3.63) is 23.4 Å². The van der Waals surface area contributed by atoms with E-state index in [4.69, 9.17) is 0 Å². The van der Waals surface area contributed by atoms with Gasteiger partial charge in [-0.2, -0.15) is 0 Å². The van der Waals surface area contributed by atoms with Crippen molar-refractivity contribution >= 4 is 12.1 Å². The van der Waals surface area contributed by atoms with Crippen LogP contribution in [0.4, 0.5) is 5.82 Å². The summed E-state index contributed by atoms with van der Waals surface area (Å²) in [6, 6.07) is 1.89. The van der Waals surface area contributed by atoms with Gasteiger partial charge in [0.25, 0.3) is 0 Å². The Bertz CT molecular complexity index is 297. The van der Waals surface area contributed by atoms with Gasteiger partial charge in [-0.05, 0) is 25.0 Å². The van der Waals surface area contributed by atoms with Crippen molar-refractivity contribution < 1.29 is 4.79 Å². The van der Waals surface area contributed by atoms with Crippen LogP contribution in [-0.2, 0) is 0 Å². The maximum Gasteiger partial charge on any atom is 0.151 e. The third kappa shape index (κ3) is 2.54. The lowest BCUT2D eigenvalue weighted by Gasteiger charge is -2.05. The van der Waals surface area contributed by atoms with Crippen LogP contribution in [0.5, 0.6) is 0 Å². The minimum absolute atomic E-state index is 0.655. The normalized spacial score (nSPS) is 9.69. The Kier molecular flexibility index (Phi) is 3.43. The third-order valence-corrected chi connectivity index (χ3v) is 1.83. The van der Waals surface area contributed by atoms with E-state index in [0.717, 1.165) is 30.6 Å². The van der Waals surface area contributed by atoms with Gasteiger partial charge in [-0.15, -0.1) is 0 Å². The van der Waals surface area contributed by atoms with Crippen LogP contribution in [-0.4, -0.2) is 17.8 Å². The zero-order chi connectivity index (χ0) is 9.68. The summed E-state index contributed by atoms with van der Waals surface area (Å²) in [7, 11) is 0. The van der Waals surface area contributed by atoms with Crippen molar-refractivity contribution in [1.29, 1.82) is 0 Å². The molecule has 0 radical (unpaired) electrons. The number of hydrogen-bond acceptors (Lipinski definition) is 3. The molecule has 70 valence electrons. The van der Waals surface area contributed by atoms with Crippen LogP contribution in [0.2, 0.25) is 0 Å². The van der Waals surface area contributed by atoms with Crippen molar-refractivity contribution in [2.75, 3.05) is 11.9 Å². The van der Waals surface area contributed by atoms with Crippen LogP contribution >= 0.6 is 0 Å². The second kappa shape index (κ2) is 4.60. The Morgan fingerprint density at radius 3 is 2.92 bits per heavy atom. The number of anilines is 1. The van der Waals surface area contributed by atoms with Crippen LogP contribution in [0, 0.1) is 6.92 Å². The van der Waals surface area contributed by atoms with Crippen LogP contribution in [0.1, 0.15) is 29.3 Å². The van der Waals surface area contributed by atoms with E-state index in [-0.39, 0.29) is 0 Å². The van der Waals surface area contributed by atoms with Gasteiger partial charge < -0.3 is 5.32 Å². The number of carbonyl (C=O) groups is 1. The number of aromatic nitrogens is 1. The molecular weight excluding hydrogens is 164 g/mol. The number of hydrogen-bond donors (Lipinski definition) is 1. The molecular formula is C10H14N2O. The summed E-state index contributed by atoms with van der Waals surface area (Å²) in [6.45, 7) is 4.91. The van der Waals surface area contributed by atoms with Crippen molar-refractivity contribution in [3.8, 4) is 0 Å². The Hall–Kier alpha value is -1.38. The SMILES string of the molecule is CCCNc1cc(C)c(C=O)cn1.